The number of hydrogen-bond acceptors (Lipinski definition) is 10. The van der Waals surface area contributed by atoms with Gasteiger partial charge in [-0.25, -0.2) is 4.98 Å². The van der Waals surface area contributed by atoms with Crippen molar-refractivity contribution < 1.29 is 28.7 Å². The molecule has 190 valence electrons. The highest BCUT2D eigenvalue weighted by Gasteiger charge is 2.27. The van der Waals surface area contributed by atoms with Crippen LogP contribution in [0.2, 0.25) is 0 Å². The lowest BCUT2D eigenvalue weighted by atomic mass is 10.0. The van der Waals surface area contributed by atoms with Crippen LogP contribution in [0.15, 0.2) is 23.1 Å². The lowest BCUT2D eigenvalue weighted by molar-refractivity contribution is -0.385. The van der Waals surface area contributed by atoms with E-state index in [1.807, 2.05) is 13.8 Å². The summed E-state index contributed by atoms with van der Waals surface area (Å²) in [5, 5.41) is 14.7. The van der Waals surface area contributed by atoms with Crippen molar-refractivity contribution >= 4 is 23.4 Å². The molecule has 1 N–H and O–H groups in total. The first kappa shape index (κ1) is 27.3. The first-order chi connectivity index (χ1) is 16.3. The fourth-order valence-electron chi connectivity index (χ4n) is 3.29. The second-order valence-electron chi connectivity index (χ2n) is 8.97. The van der Waals surface area contributed by atoms with E-state index in [4.69, 9.17) is 9.47 Å². The molecular weight excluding hydrogens is 460 g/mol. The van der Waals surface area contributed by atoms with Gasteiger partial charge in [0.1, 0.15) is 12.1 Å². The molecule has 2 rings (SSSR count). The summed E-state index contributed by atoms with van der Waals surface area (Å²) in [6.45, 7) is 8.21. The van der Waals surface area contributed by atoms with Crippen LogP contribution in [0.1, 0.15) is 40.2 Å². The third-order valence-corrected chi connectivity index (χ3v) is 4.57. The van der Waals surface area contributed by atoms with Crippen molar-refractivity contribution in [3.8, 4) is 17.0 Å². The van der Waals surface area contributed by atoms with Gasteiger partial charge in [0.2, 0.25) is 5.75 Å². The molecule has 0 saturated heterocycles. The van der Waals surface area contributed by atoms with Crippen molar-refractivity contribution in [2.24, 2.45) is 0 Å². The molecule has 0 amide bonds. The predicted octanol–water partition coefficient (Wildman–Crippen LogP) is 2.70. The van der Waals surface area contributed by atoms with Gasteiger partial charge in [0.15, 0.2) is 5.82 Å². The van der Waals surface area contributed by atoms with Crippen molar-refractivity contribution in [2.75, 3.05) is 19.5 Å². The minimum absolute atomic E-state index is 0.00788. The van der Waals surface area contributed by atoms with Crippen LogP contribution in [0.3, 0.4) is 0 Å². The summed E-state index contributed by atoms with van der Waals surface area (Å²) < 4.78 is 16.5. The van der Waals surface area contributed by atoms with Crippen LogP contribution < -0.4 is 15.6 Å². The van der Waals surface area contributed by atoms with Crippen molar-refractivity contribution in [1.29, 1.82) is 0 Å². The Kier molecular flexibility index (Phi) is 8.56. The van der Waals surface area contributed by atoms with E-state index in [0.717, 1.165) is 4.57 Å². The fraction of sp³-hybridized carbons (Fsp3) is 0.478. The molecule has 0 radical (unpaired) electrons. The van der Waals surface area contributed by atoms with E-state index >= 15 is 0 Å². The number of aromatic nitrogens is 2. The topological polar surface area (TPSA) is 152 Å². The van der Waals surface area contributed by atoms with Gasteiger partial charge in [-0.05, 0) is 46.2 Å². The van der Waals surface area contributed by atoms with Crippen LogP contribution in [0.25, 0.3) is 11.3 Å². The molecule has 35 heavy (non-hydrogen) atoms. The van der Waals surface area contributed by atoms with Gasteiger partial charge in [-0.2, -0.15) is 0 Å². The molecule has 2 aromatic rings. The van der Waals surface area contributed by atoms with E-state index in [-0.39, 0.29) is 40.9 Å². The number of rotatable bonds is 9. The number of esters is 2. The molecule has 0 atom stereocenters. The van der Waals surface area contributed by atoms with Crippen LogP contribution in [0.4, 0.5) is 11.5 Å². The highest BCUT2D eigenvalue weighted by Crippen LogP contribution is 2.39. The first-order valence-corrected chi connectivity index (χ1v) is 10.8. The zero-order valence-electron chi connectivity index (χ0n) is 20.8. The Balaban J connectivity index is 2.82. The summed E-state index contributed by atoms with van der Waals surface area (Å²) in [5.41, 5.74) is -1.44. The van der Waals surface area contributed by atoms with E-state index in [9.17, 15) is 24.5 Å². The summed E-state index contributed by atoms with van der Waals surface area (Å²) in [4.78, 5) is 53.1. The monoisotopic (exact) mass is 490 g/mol. The SMILES string of the molecule is COC(=O)Cc1cc(-c2cnc(NC(C)C)c(=O)n2CC(=O)OC(C)(C)C)c(OC)c([N+](=O)[O-])c1. The maximum absolute atomic E-state index is 13.3. The molecule has 12 heteroatoms. The number of methoxy groups -OCH3 is 2. The molecule has 0 fully saturated rings. The summed E-state index contributed by atoms with van der Waals surface area (Å²) in [5.74, 6) is -1.48. The lowest BCUT2D eigenvalue weighted by Gasteiger charge is -2.21. The second kappa shape index (κ2) is 11.0. The van der Waals surface area contributed by atoms with Gasteiger partial charge < -0.3 is 19.5 Å². The number of benzene rings is 1. The Labute approximate surface area is 202 Å². The van der Waals surface area contributed by atoms with Crippen molar-refractivity contribution in [2.45, 2.75) is 59.2 Å². The van der Waals surface area contributed by atoms with Gasteiger partial charge in [0.25, 0.3) is 5.56 Å². The Morgan fingerprint density at radius 1 is 1.20 bits per heavy atom. The van der Waals surface area contributed by atoms with Crippen molar-refractivity contribution in [1.82, 2.24) is 9.55 Å². The number of nitrogens with zero attached hydrogens (tertiary/aromatic N) is 3. The van der Waals surface area contributed by atoms with Crippen LogP contribution in [0.5, 0.6) is 5.75 Å². The molecule has 0 unspecified atom stereocenters. The van der Waals surface area contributed by atoms with Gasteiger partial charge in [-0.15, -0.1) is 0 Å². The minimum Gasteiger partial charge on any atom is -0.490 e. The largest absolute Gasteiger partial charge is 0.490 e. The average molecular weight is 491 g/mol. The third-order valence-electron chi connectivity index (χ3n) is 4.57. The molecule has 1 aromatic heterocycles. The molecule has 0 saturated carbocycles. The molecule has 0 aliphatic heterocycles. The second-order valence-corrected chi connectivity index (χ2v) is 8.97. The van der Waals surface area contributed by atoms with Crippen LogP contribution in [-0.4, -0.2) is 52.3 Å². The Morgan fingerprint density at radius 3 is 2.37 bits per heavy atom. The molecule has 0 bridgehead atoms. The highest BCUT2D eigenvalue weighted by atomic mass is 16.6. The van der Waals surface area contributed by atoms with Crippen LogP contribution in [0, 0.1) is 10.1 Å². The normalized spacial score (nSPS) is 11.2. The Bertz CT molecular complexity index is 1180. The smallest absolute Gasteiger partial charge is 0.326 e. The number of nitro groups is 1. The van der Waals surface area contributed by atoms with Crippen molar-refractivity contribution in [3.05, 3.63) is 44.4 Å². The number of nitro benzene ring substituents is 1. The number of anilines is 1. The van der Waals surface area contributed by atoms with Gasteiger partial charge in [0, 0.05) is 17.7 Å². The minimum atomic E-state index is -0.802. The summed E-state index contributed by atoms with van der Waals surface area (Å²) in [6.07, 6.45) is 1.05. The van der Waals surface area contributed by atoms with Gasteiger partial charge in [0.05, 0.1) is 37.5 Å². The standard InChI is InChI=1S/C23H30N4O8/c1-13(2)25-21-22(30)26(12-19(29)35-23(3,4)5)17(11-24-21)15-8-14(10-18(28)33-6)9-16(27(31)32)20(15)34-7/h8-9,11,13H,10,12H2,1-7H3,(H,24,25). The van der Waals surface area contributed by atoms with E-state index < -0.39 is 40.3 Å². The number of nitrogens with one attached hydrogen (secondary N) is 1. The summed E-state index contributed by atoms with van der Waals surface area (Å²) in [7, 11) is 2.44. The maximum Gasteiger partial charge on any atom is 0.326 e. The van der Waals surface area contributed by atoms with E-state index in [0.29, 0.717) is 0 Å². The van der Waals surface area contributed by atoms with E-state index in [2.05, 4.69) is 15.0 Å². The zero-order chi connectivity index (χ0) is 26.5. The number of carbonyl (C=O) groups excluding carboxylic acids is 2. The molecule has 0 spiro atoms. The van der Waals surface area contributed by atoms with Crippen LogP contribution in [-0.2, 0) is 32.0 Å². The predicted molar refractivity (Wildman–Crippen MR) is 127 cm³/mol. The molecular formula is C23H30N4O8. The summed E-state index contributed by atoms with van der Waals surface area (Å²) in [6, 6.07) is 2.52. The van der Waals surface area contributed by atoms with E-state index in [1.54, 1.807) is 20.8 Å². The quantitative estimate of drug-likeness (QED) is 0.315. The van der Waals surface area contributed by atoms with Crippen LogP contribution >= 0.6 is 0 Å². The molecule has 1 aromatic carbocycles. The Morgan fingerprint density at radius 2 is 1.86 bits per heavy atom. The van der Waals surface area contributed by atoms with Gasteiger partial charge >= 0.3 is 17.6 Å². The van der Waals surface area contributed by atoms with Gasteiger partial charge in [-0.3, -0.25) is 29.1 Å². The first-order valence-electron chi connectivity index (χ1n) is 10.8. The number of carbonyl (C=O) groups is 2. The zero-order valence-corrected chi connectivity index (χ0v) is 20.8. The van der Waals surface area contributed by atoms with Gasteiger partial charge in [-0.1, -0.05) is 0 Å². The number of ether oxygens (including phenoxy) is 3. The van der Waals surface area contributed by atoms with E-state index in [1.165, 1.54) is 32.5 Å². The molecule has 1 heterocycles. The number of hydrogen-bond donors (Lipinski definition) is 1. The molecule has 12 nitrogen and oxygen atoms in total. The third kappa shape index (κ3) is 7.01. The maximum atomic E-state index is 13.3. The fourth-order valence-corrected chi connectivity index (χ4v) is 3.29. The highest BCUT2D eigenvalue weighted by molar-refractivity contribution is 5.79. The Hall–Kier alpha value is -3.96. The van der Waals surface area contributed by atoms with Crippen molar-refractivity contribution in [3.63, 3.8) is 0 Å². The average Bonchev–Trinajstić information content (AvgIpc) is 2.74. The summed E-state index contributed by atoms with van der Waals surface area (Å²) >= 11 is 0. The molecule has 0 aliphatic rings. The lowest BCUT2D eigenvalue weighted by Crippen LogP contribution is -2.33. The molecule has 0 aliphatic carbocycles.